The third-order valence-electron chi connectivity index (χ3n) is 7.32. The van der Waals surface area contributed by atoms with Crippen molar-refractivity contribution >= 4 is 19.9 Å². The first-order valence-corrected chi connectivity index (χ1v) is 14.8. The second-order valence-corrected chi connectivity index (χ2v) is 13.5. The second-order valence-electron chi connectivity index (χ2n) is 9.70. The molecule has 0 saturated heterocycles. The molecule has 0 amide bonds. The van der Waals surface area contributed by atoms with Crippen molar-refractivity contribution in [1.82, 2.24) is 4.31 Å². The Morgan fingerprint density at radius 3 is 2.09 bits per heavy atom. The van der Waals surface area contributed by atoms with Gasteiger partial charge < -0.3 is 9.47 Å². The number of hydrogen-bond donors (Lipinski definition) is 0. The Morgan fingerprint density at radius 2 is 1.54 bits per heavy atom. The van der Waals surface area contributed by atoms with Crippen molar-refractivity contribution in [3.05, 3.63) is 71.9 Å². The van der Waals surface area contributed by atoms with Gasteiger partial charge in [0.25, 0.3) is 10.0 Å². The highest BCUT2D eigenvalue weighted by molar-refractivity contribution is 7.92. The first kappa shape index (κ1) is 25.9. The van der Waals surface area contributed by atoms with Gasteiger partial charge in [0.15, 0.2) is 15.6 Å². The fourth-order valence-electron chi connectivity index (χ4n) is 5.45. The van der Waals surface area contributed by atoms with Crippen LogP contribution in [0, 0.1) is 24.7 Å². The lowest BCUT2D eigenvalue weighted by Crippen LogP contribution is -2.53. The Labute approximate surface area is 208 Å². The largest absolute Gasteiger partial charge is 0.351 e. The molecule has 0 unspecified atom stereocenters. The van der Waals surface area contributed by atoms with Gasteiger partial charge in [-0.15, -0.1) is 0 Å². The smallest absolute Gasteiger partial charge is 0.264 e. The minimum Gasteiger partial charge on any atom is -0.351 e. The van der Waals surface area contributed by atoms with Crippen LogP contribution in [-0.2, 0) is 29.3 Å². The van der Waals surface area contributed by atoms with Crippen molar-refractivity contribution in [2.45, 2.75) is 48.8 Å². The van der Waals surface area contributed by atoms with Crippen LogP contribution < -0.4 is 0 Å². The summed E-state index contributed by atoms with van der Waals surface area (Å²) in [7, 11) is -4.89. The average molecular weight is 520 g/mol. The lowest BCUT2D eigenvalue weighted by Gasteiger charge is -2.39. The molecule has 1 fully saturated rings. The summed E-state index contributed by atoms with van der Waals surface area (Å²) in [6.45, 7) is 6.04. The average Bonchev–Trinajstić information content (AvgIpc) is 3.35. The molecule has 1 heterocycles. The maximum absolute atomic E-state index is 14.1. The Bertz CT molecular complexity index is 1300. The lowest BCUT2D eigenvalue weighted by molar-refractivity contribution is -0.224. The molecule has 0 spiro atoms. The number of fused-ring (bicyclic) bond motifs is 1. The van der Waals surface area contributed by atoms with Gasteiger partial charge in [0.1, 0.15) is 6.04 Å². The van der Waals surface area contributed by atoms with Crippen molar-refractivity contribution in [2.24, 2.45) is 17.8 Å². The van der Waals surface area contributed by atoms with Gasteiger partial charge in [0, 0.05) is 32.3 Å². The Balaban J connectivity index is 1.88. The molecule has 2 aromatic rings. The number of aryl methyl sites for hydroxylation is 1. The van der Waals surface area contributed by atoms with E-state index in [9.17, 15) is 16.8 Å². The van der Waals surface area contributed by atoms with Crippen LogP contribution in [0.4, 0.5) is 0 Å². The summed E-state index contributed by atoms with van der Waals surface area (Å²) in [6.07, 6.45) is 2.32. The number of sulfone groups is 1. The minimum atomic E-state index is -4.11. The molecule has 1 saturated carbocycles. The van der Waals surface area contributed by atoms with Gasteiger partial charge in [0.2, 0.25) is 0 Å². The molecule has 9 heteroatoms. The van der Waals surface area contributed by atoms with E-state index >= 15 is 0 Å². The number of ether oxygens (including phenoxy) is 2. The van der Waals surface area contributed by atoms with Gasteiger partial charge >= 0.3 is 0 Å². The molecule has 4 rings (SSSR count). The minimum absolute atomic E-state index is 0.0487. The number of benzene rings is 2. The van der Waals surface area contributed by atoms with Crippen LogP contribution in [0.2, 0.25) is 0 Å². The first-order valence-electron chi connectivity index (χ1n) is 11.7. The van der Waals surface area contributed by atoms with E-state index in [1.54, 1.807) is 42.5 Å². The predicted molar refractivity (Wildman–Crippen MR) is 134 cm³/mol. The van der Waals surface area contributed by atoms with Crippen LogP contribution >= 0.6 is 0 Å². The van der Waals surface area contributed by atoms with Gasteiger partial charge in [-0.05, 0) is 43.0 Å². The number of hydrogen-bond acceptors (Lipinski definition) is 6. The summed E-state index contributed by atoms with van der Waals surface area (Å²) < 4.78 is 67.9. The highest BCUT2D eigenvalue weighted by Crippen LogP contribution is 2.54. The molecule has 1 aliphatic heterocycles. The van der Waals surface area contributed by atoms with Crippen molar-refractivity contribution in [1.29, 1.82) is 0 Å². The lowest BCUT2D eigenvalue weighted by atomic mass is 9.86. The summed E-state index contributed by atoms with van der Waals surface area (Å²) in [5, 5.41) is 0. The van der Waals surface area contributed by atoms with E-state index in [0.29, 0.717) is 6.42 Å². The van der Waals surface area contributed by atoms with Crippen LogP contribution in [0.25, 0.3) is 0 Å². The van der Waals surface area contributed by atoms with Crippen molar-refractivity contribution in [3.8, 4) is 0 Å². The number of sulfonamides is 1. The quantitative estimate of drug-likeness (QED) is 0.490. The summed E-state index contributed by atoms with van der Waals surface area (Å²) in [6, 6.07) is 13.9. The van der Waals surface area contributed by atoms with E-state index in [2.05, 4.69) is 13.8 Å². The molecule has 0 N–H and O–H groups in total. The summed E-state index contributed by atoms with van der Waals surface area (Å²) in [4.78, 5) is 0.247. The van der Waals surface area contributed by atoms with Gasteiger partial charge in [-0.3, -0.25) is 4.31 Å². The molecule has 0 radical (unpaired) electrons. The molecule has 35 heavy (non-hydrogen) atoms. The Hall–Kier alpha value is -2.20. The second kappa shape index (κ2) is 9.35. The zero-order chi connectivity index (χ0) is 25.6. The van der Waals surface area contributed by atoms with Crippen LogP contribution in [-0.4, -0.2) is 52.9 Å². The zero-order valence-corrected chi connectivity index (χ0v) is 22.3. The molecule has 2 aliphatic rings. The van der Waals surface area contributed by atoms with Crippen molar-refractivity contribution in [3.63, 3.8) is 0 Å². The van der Waals surface area contributed by atoms with Gasteiger partial charge in [-0.1, -0.05) is 55.8 Å². The van der Waals surface area contributed by atoms with Gasteiger partial charge in [0.05, 0.1) is 15.5 Å². The Kier molecular flexibility index (Phi) is 6.91. The van der Waals surface area contributed by atoms with Crippen LogP contribution in [0.5, 0.6) is 0 Å². The predicted octanol–water partition coefficient (Wildman–Crippen LogP) is 4.01. The van der Waals surface area contributed by atoms with E-state index in [0.717, 1.165) is 5.56 Å². The molecular weight excluding hydrogens is 486 g/mol. The maximum atomic E-state index is 14.1. The molecule has 7 nitrogen and oxygen atoms in total. The number of methoxy groups -OCH3 is 2. The molecule has 0 aromatic heterocycles. The van der Waals surface area contributed by atoms with E-state index in [1.165, 1.54) is 30.7 Å². The highest BCUT2D eigenvalue weighted by Gasteiger charge is 2.62. The third kappa shape index (κ3) is 4.43. The van der Waals surface area contributed by atoms with Crippen molar-refractivity contribution < 1.29 is 26.3 Å². The highest BCUT2D eigenvalue weighted by atomic mass is 32.2. The standard InChI is InChI=1S/C26H33NO6S2/c1-18(2)24-16-26(32-4,33-5)25-23(24)15-20(17-34(28,29)21-9-7-6-8-10-21)27(25)35(30,31)22-13-11-19(3)12-14-22/h6-15,18,23-25H,16-17H2,1-5H3/t23-,24-,25-/m1/s1. The maximum Gasteiger partial charge on any atom is 0.264 e. The molecule has 190 valence electrons. The normalized spacial score (nSPS) is 24.0. The fourth-order valence-corrected chi connectivity index (χ4v) is 8.64. The van der Waals surface area contributed by atoms with E-state index in [1.807, 2.05) is 13.0 Å². The molecule has 2 aromatic carbocycles. The van der Waals surface area contributed by atoms with Crippen LogP contribution in [0.3, 0.4) is 0 Å². The topological polar surface area (TPSA) is 90.0 Å². The van der Waals surface area contributed by atoms with E-state index in [-0.39, 0.29) is 33.2 Å². The molecule has 3 atom stereocenters. The zero-order valence-electron chi connectivity index (χ0n) is 20.7. The summed E-state index contributed by atoms with van der Waals surface area (Å²) >= 11 is 0. The van der Waals surface area contributed by atoms with Crippen molar-refractivity contribution in [2.75, 3.05) is 20.0 Å². The summed E-state index contributed by atoms with van der Waals surface area (Å²) in [5.74, 6) is -1.64. The first-order chi connectivity index (χ1) is 16.5. The SMILES string of the molecule is COC1(OC)C[C@H](C(C)C)[C@H]2C=C(CS(=O)(=O)c3ccccc3)N(S(=O)(=O)c3ccc(C)cc3)[C@H]21. The van der Waals surface area contributed by atoms with E-state index in [4.69, 9.17) is 9.47 Å². The Morgan fingerprint density at radius 1 is 0.943 bits per heavy atom. The third-order valence-corrected chi connectivity index (χ3v) is 10.8. The van der Waals surface area contributed by atoms with Crippen LogP contribution in [0.15, 0.2) is 76.2 Å². The van der Waals surface area contributed by atoms with Crippen LogP contribution in [0.1, 0.15) is 25.8 Å². The number of rotatable bonds is 8. The molecule has 0 bridgehead atoms. The monoisotopic (exact) mass is 519 g/mol. The summed E-state index contributed by atoms with van der Waals surface area (Å²) in [5.41, 5.74) is 1.16. The van der Waals surface area contributed by atoms with E-state index < -0.39 is 37.4 Å². The fraction of sp³-hybridized carbons (Fsp3) is 0.462. The molecule has 1 aliphatic carbocycles. The molecular formula is C26H33NO6S2. The van der Waals surface area contributed by atoms with Gasteiger partial charge in [-0.2, -0.15) is 0 Å². The van der Waals surface area contributed by atoms with Gasteiger partial charge in [-0.25, -0.2) is 16.8 Å². The number of nitrogens with zero attached hydrogens (tertiary/aromatic N) is 1.